The van der Waals surface area contributed by atoms with Crippen LogP contribution in [0.1, 0.15) is 24.2 Å². The largest absolute Gasteiger partial charge is 0.497 e. The molecule has 0 heterocycles. The fourth-order valence-corrected chi connectivity index (χ4v) is 1.63. The van der Waals surface area contributed by atoms with Gasteiger partial charge in [0.25, 0.3) is 5.91 Å². The minimum Gasteiger partial charge on any atom is -0.497 e. The third-order valence-electron chi connectivity index (χ3n) is 3.71. The summed E-state index contributed by atoms with van der Waals surface area (Å²) in [6, 6.07) is 3.26. The Kier molecular flexibility index (Phi) is 5.43. The molecule has 0 spiro atoms. The molecule has 118 valence electrons. The normalized spacial score (nSPS) is 11.4. The second-order valence-electron chi connectivity index (χ2n) is 5.68. The lowest BCUT2D eigenvalue weighted by atomic mass is 10.0. The van der Waals surface area contributed by atoms with Crippen molar-refractivity contribution in [1.29, 1.82) is 0 Å². The van der Waals surface area contributed by atoms with Crippen molar-refractivity contribution in [3.05, 3.63) is 17.7 Å². The minimum atomic E-state index is -0.250. The second-order valence-corrected chi connectivity index (χ2v) is 5.68. The third-order valence-corrected chi connectivity index (χ3v) is 3.71. The molecule has 0 aliphatic rings. The molecule has 0 atom stereocenters. The van der Waals surface area contributed by atoms with Gasteiger partial charge in [-0.15, -0.1) is 0 Å². The molecule has 0 fully saturated rings. The van der Waals surface area contributed by atoms with E-state index in [2.05, 4.69) is 5.32 Å². The van der Waals surface area contributed by atoms with Crippen molar-refractivity contribution >= 4 is 11.6 Å². The van der Waals surface area contributed by atoms with Crippen LogP contribution >= 0.6 is 0 Å². The third kappa shape index (κ3) is 4.01. The Bertz CT molecular complexity index is 513. The number of rotatable bonds is 6. The first-order valence-corrected chi connectivity index (χ1v) is 6.70. The molecule has 1 amide bonds. The maximum Gasteiger partial charge on any atom is 0.253 e. The van der Waals surface area contributed by atoms with Crippen LogP contribution in [0, 0.1) is 0 Å². The molecule has 0 saturated heterocycles. The summed E-state index contributed by atoms with van der Waals surface area (Å²) in [5.74, 6) is 0.698. The number of hydrogen-bond acceptors (Lipinski definition) is 5. The summed E-state index contributed by atoms with van der Waals surface area (Å²) >= 11 is 0. The molecule has 1 rings (SSSR count). The molecule has 0 aliphatic carbocycles. The number of carbonyl (C=O) groups is 1. The van der Waals surface area contributed by atoms with E-state index in [0.717, 1.165) is 0 Å². The van der Waals surface area contributed by atoms with E-state index in [1.165, 1.54) is 14.2 Å². The number of likely N-dealkylation sites (N-methyl/N-ethyl adjacent to an activating group) is 1. The van der Waals surface area contributed by atoms with Crippen molar-refractivity contribution < 1.29 is 14.3 Å². The maximum atomic E-state index is 12.4. The molecule has 0 unspecified atom stereocenters. The summed E-state index contributed by atoms with van der Waals surface area (Å²) in [6.45, 7) is 4.59. The fourth-order valence-electron chi connectivity index (χ4n) is 1.63. The highest BCUT2D eigenvalue weighted by Gasteiger charge is 2.23. The molecule has 0 aliphatic heterocycles. The topological polar surface area (TPSA) is 76.8 Å². The summed E-state index contributed by atoms with van der Waals surface area (Å²) in [5, 5.41) is 2.89. The van der Waals surface area contributed by atoms with Crippen LogP contribution in [0.25, 0.3) is 0 Å². The smallest absolute Gasteiger partial charge is 0.253 e. The van der Waals surface area contributed by atoms with Gasteiger partial charge in [-0.05, 0) is 34.0 Å². The molecule has 0 saturated carbocycles. The van der Waals surface area contributed by atoms with E-state index >= 15 is 0 Å². The minimum absolute atomic E-state index is 0.159. The number of amides is 1. The van der Waals surface area contributed by atoms with Gasteiger partial charge in [0, 0.05) is 18.2 Å². The molecule has 1 aromatic rings. The van der Waals surface area contributed by atoms with E-state index in [1.807, 2.05) is 32.8 Å². The number of nitrogen functional groups attached to an aromatic ring is 1. The first-order valence-electron chi connectivity index (χ1n) is 6.70. The highest BCUT2D eigenvalue weighted by atomic mass is 16.5. The molecule has 3 N–H and O–H groups in total. The average molecular weight is 295 g/mol. The summed E-state index contributed by atoms with van der Waals surface area (Å²) in [7, 11) is 6.97. The zero-order valence-corrected chi connectivity index (χ0v) is 13.6. The number of nitrogens with one attached hydrogen (secondary N) is 1. The Morgan fingerprint density at radius 1 is 1.29 bits per heavy atom. The van der Waals surface area contributed by atoms with Gasteiger partial charge >= 0.3 is 0 Å². The van der Waals surface area contributed by atoms with E-state index < -0.39 is 0 Å². The Morgan fingerprint density at radius 3 is 2.38 bits per heavy atom. The van der Waals surface area contributed by atoms with Crippen molar-refractivity contribution in [2.75, 3.05) is 40.6 Å². The number of nitrogens with two attached hydrogens (primary N) is 1. The first-order chi connectivity index (χ1) is 9.72. The number of benzene rings is 1. The van der Waals surface area contributed by atoms with E-state index in [1.54, 1.807) is 12.1 Å². The van der Waals surface area contributed by atoms with Gasteiger partial charge in [0.1, 0.15) is 11.5 Å². The van der Waals surface area contributed by atoms with Crippen LogP contribution in [0.5, 0.6) is 11.5 Å². The van der Waals surface area contributed by atoms with Crippen molar-refractivity contribution in [3.63, 3.8) is 0 Å². The summed E-state index contributed by atoms with van der Waals surface area (Å²) in [6.07, 6.45) is 0. The van der Waals surface area contributed by atoms with Crippen molar-refractivity contribution in [3.8, 4) is 11.5 Å². The van der Waals surface area contributed by atoms with Gasteiger partial charge in [0.05, 0.1) is 25.5 Å². The molecule has 6 nitrogen and oxygen atoms in total. The Morgan fingerprint density at radius 2 is 1.90 bits per heavy atom. The van der Waals surface area contributed by atoms with Crippen molar-refractivity contribution in [2.24, 2.45) is 0 Å². The maximum absolute atomic E-state index is 12.4. The molecule has 0 bridgehead atoms. The molecule has 1 aromatic carbocycles. The van der Waals surface area contributed by atoms with Crippen LogP contribution < -0.4 is 20.5 Å². The monoisotopic (exact) mass is 295 g/mol. The molecular weight excluding hydrogens is 270 g/mol. The number of carbonyl (C=O) groups excluding carboxylic acids is 1. The SMILES string of the molecule is COc1cc(OC)c(N)c(C(=O)NCC(C)(C)N(C)C)c1. The Balaban J connectivity index is 2.97. The van der Waals surface area contributed by atoms with Crippen LogP contribution in [0.15, 0.2) is 12.1 Å². The zero-order chi connectivity index (χ0) is 16.2. The molecular formula is C15H25N3O3. The van der Waals surface area contributed by atoms with Crippen molar-refractivity contribution in [1.82, 2.24) is 10.2 Å². The number of anilines is 1. The number of methoxy groups -OCH3 is 2. The highest BCUT2D eigenvalue weighted by Crippen LogP contribution is 2.31. The van der Waals surface area contributed by atoms with Gasteiger partial charge in [-0.1, -0.05) is 0 Å². The number of nitrogens with zero attached hydrogens (tertiary/aromatic N) is 1. The van der Waals surface area contributed by atoms with Gasteiger partial charge in [-0.2, -0.15) is 0 Å². The highest BCUT2D eigenvalue weighted by molar-refractivity contribution is 6.01. The average Bonchev–Trinajstić information content (AvgIpc) is 2.44. The predicted molar refractivity (Wildman–Crippen MR) is 84.1 cm³/mol. The van der Waals surface area contributed by atoms with Gasteiger partial charge < -0.3 is 25.4 Å². The van der Waals surface area contributed by atoms with Crippen LogP contribution in [0.3, 0.4) is 0 Å². The van der Waals surface area contributed by atoms with E-state index in [0.29, 0.717) is 29.3 Å². The Labute approximate surface area is 126 Å². The number of ether oxygens (including phenoxy) is 2. The first kappa shape index (κ1) is 17.1. The summed E-state index contributed by atoms with van der Waals surface area (Å²) in [5.41, 5.74) is 6.46. The Hall–Kier alpha value is -1.95. The summed E-state index contributed by atoms with van der Waals surface area (Å²) < 4.78 is 10.3. The predicted octanol–water partition coefficient (Wildman–Crippen LogP) is 1.36. The number of hydrogen-bond donors (Lipinski definition) is 2. The van der Waals surface area contributed by atoms with Gasteiger partial charge in [-0.3, -0.25) is 4.79 Å². The molecule has 0 aromatic heterocycles. The van der Waals surface area contributed by atoms with E-state index in [-0.39, 0.29) is 11.4 Å². The zero-order valence-electron chi connectivity index (χ0n) is 13.6. The second kappa shape index (κ2) is 6.67. The van der Waals surface area contributed by atoms with Gasteiger partial charge in [-0.25, -0.2) is 0 Å². The molecule has 0 radical (unpaired) electrons. The standard InChI is InChI=1S/C15H25N3O3/c1-15(2,18(3)4)9-17-14(19)11-7-10(20-5)8-12(21-6)13(11)16/h7-8H,9,16H2,1-6H3,(H,17,19). The molecule has 21 heavy (non-hydrogen) atoms. The van der Waals surface area contributed by atoms with Crippen LogP contribution in [-0.4, -0.2) is 51.2 Å². The summed E-state index contributed by atoms with van der Waals surface area (Å²) in [4.78, 5) is 14.4. The lowest BCUT2D eigenvalue weighted by Crippen LogP contribution is -2.48. The quantitative estimate of drug-likeness (QED) is 0.775. The van der Waals surface area contributed by atoms with E-state index in [9.17, 15) is 4.79 Å². The van der Waals surface area contributed by atoms with Crippen LogP contribution in [0.2, 0.25) is 0 Å². The van der Waals surface area contributed by atoms with Gasteiger partial charge in [0.2, 0.25) is 0 Å². The van der Waals surface area contributed by atoms with Crippen molar-refractivity contribution in [2.45, 2.75) is 19.4 Å². The van der Waals surface area contributed by atoms with Crippen LogP contribution in [-0.2, 0) is 0 Å². The lowest BCUT2D eigenvalue weighted by Gasteiger charge is -2.32. The molecule has 6 heteroatoms. The lowest BCUT2D eigenvalue weighted by molar-refractivity contribution is 0.0920. The fraction of sp³-hybridized carbons (Fsp3) is 0.533. The van der Waals surface area contributed by atoms with Gasteiger partial charge in [0.15, 0.2) is 0 Å². The van der Waals surface area contributed by atoms with Crippen LogP contribution in [0.4, 0.5) is 5.69 Å². The van der Waals surface area contributed by atoms with E-state index in [4.69, 9.17) is 15.2 Å².